The van der Waals surface area contributed by atoms with Crippen LogP contribution in [0.2, 0.25) is 5.02 Å². The minimum Gasteiger partial charge on any atom is -0.349 e. The van der Waals surface area contributed by atoms with Crippen molar-refractivity contribution < 1.29 is 13.2 Å². The average molecular weight is 624 g/mol. The molecule has 3 aromatic carbocycles. The van der Waals surface area contributed by atoms with Gasteiger partial charge < -0.3 is 10.6 Å². The molecule has 3 N–H and O–H groups in total. The Bertz CT molecular complexity index is 1700. The molecule has 42 heavy (non-hydrogen) atoms. The van der Waals surface area contributed by atoms with Crippen molar-refractivity contribution in [2.24, 2.45) is 0 Å². The SMILES string of the molecule is Cc1c(S(=O)(=O)N[C@H](CC(=O)NC2CCCc3cc(CNC(C)(C)C)ccc32)c2ccccc2)sc2ccc(Cl)cc12. The summed E-state index contributed by atoms with van der Waals surface area (Å²) in [6.45, 7) is 9.04. The lowest BCUT2D eigenvalue weighted by Gasteiger charge is -2.28. The molecule has 0 bridgehead atoms. The minimum atomic E-state index is -3.92. The monoisotopic (exact) mass is 623 g/mol. The van der Waals surface area contributed by atoms with Crippen molar-refractivity contribution in [2.45, 2.75) is 81.8 Å². The van der Waals surface area contributed by atoms with Crippen molar-refractivity contribution in [3.05, 3.63) is 99.6 Å². The molecule has 1 heterocycles. The van der Waals surface area contributed by atoms with Crippen LogP contribution in [0.5, 0.6) is 0 Å². The van der Waals surface area contributed by atoms with Gasteiger partial charge in [0, 0.05) is 28.2 Å². The maximum Gasteiger partial charge on any atom is 0.250 e. The number of carbonyl (C=O) groups excluding carboxylic acids is 1. The van der Waals surface area contributed by atoms with Gasteiger partial charge in [-0.1, -0.05) is 60.1 Å². The molecule has 1 unspecified atom stereocenters. The predicted octanol–water partition coefficient (Wildman–Crippen LogP) is 7.35. The maximum atomic E-state index is 13.7. The van der Waals surface area contributed by atoms with Crippen LogP contribution in [0.25, 0.3) is 10.1 Å². The highest BCUT2D eigenvalue weighted by molar-refractivity contribution is 7.91. The molecule has 0 radical (unpaired) electrons. The van der Waals surface area contributed by atoms with E-state index in [4.69, 9.17) is 11.6 Å². The van der Waals surface area contributed by atoms with Crippen LogP contribution in [0.4, 0.5) is 0 Å². The molecule has 0 aliphatic heterocycles. The number of benzene rings is 3. The number of nitrogens with one attached hydrogen (secondary N) is 3. The third kappa shape index (κ3) is 7.24. The highest BCUT2D eigenvalue weighted by Gasteiger charge is 2.29. The lowest BCUT2D eigenvalue weighted by Crippen LogP contribution is -2.36. The molecule has 5 rings (SSSR count). The van der Waals surface area contributed by atoms with E-state index in [0.717, 1.165) is 47.0 Å². The molecule has 0 fully saturated rings. The quantitative estimate of drug-likeness (QED) is 0.182. The second kappa shape index (κ2) is 12.5. The zero-order chi connectivity index (χ0) is 30.1. The van der Waals surface area contributed by atoms with Crippen LogP contribution >= 0.6 is 22.9 Å². The first-order valence-electron chi connectivity index (χ1n) is 14.3. The lowest BCUT2D eigenvalue weighted by molar-refractivity contribution is -0.122. The lowest BCUT2D eigenvalue weighted by atomic mass is 9.86. The second-order valence-electron chi connectivity index (χ2n) is 12.1. The molecule has 0 saturated carbocycles. The van der Waals surface area contributed by atoms with Gasteiger partial charge in [-0.3, -0.25) is 4.79 Å². The molecule has 222 valence electrons. The van der Waals surface area contributed by atoms with Crippen molar-refractivity contribution in [1.82, 2.24) is 15.4 Å². The van der Waals surface area contributed by atoms with E-state index in [1.807, 2.05) is 36.4 Å². The average Bonchev–Trinajstić information content (AvgIpc) is 3.28. The van der Waals surface area contributed by atoms with Crippen molar-refractivity contribution in [2.75, 3.05) is 0 Å². The topological polar surface area (TPSA) is 87.3 Å². The number of hydrogen-bond donors (Lipinski definition) is 3. The summed E-state index contributed by atoms with van der Waals surface area (Å²) in [5, 5.41) is 8.12. The van der Waals surface area contributed by atoms with Gasteiger partial charge >= 0.3 is 0 Å². The van der Waals surface area contributed by atoms with Crippen molar-refractivity contribution in [1.29, 1.82) is 0 Å². The zero-order valence-corrected chi connectivity index (χ0v) is 26.8. The van der Waals surface area contributed by atoms with Gasteiger partial charge in [-0.05, 0) is 98.4 Å². The molecular weight excluding hydrogens is 586 g/mol. The summed E-state index contributed by atoms with van der Waals surface area (Å²) >= 11 is 7.39. The number of aryl methyl sites for hydroxylation is 2. The Hall–Kier alpha value is -2.75. The molecule has 9 heteroatoms. The van der Waals surface area contributed by atoms with Gasteiger partial charge in [0.1, 0.15) is 4.21 Å². The third-order valence-corrected chi connectivity index (χ3v) is 11.3. The summed E-state index contributed by atoms with van der Waals surface area (Å²) in [7, 11) is -3.92. The molecule has 4 aromatic rings. The minimum absolute atomic E-state index is 0.0154. The fraction of sp³-hybridized carbons (Fsp3) is 0.364. The number of rotatable bonds is 9. The van der Waals surface area contributed by atoms with Gasteiger partial charge in [0.25, 0.3) is 10.0 Å². The number of amides is 1. The van der Waals surface area contributed by atoms with Crippen molar-refractivity contribution >= 4 is 49.0 Å². The molecule has 0 saturated heterocycles. The molecule has 0 spiro atoms. The number of sulfonamides is 1. The van der Waals surface area contributed by atoms with E-state index in [1.54, 1.807) is 19.1 Å². The number of fused-ring (bicyclic) bond motifs is 2. The number of thiophene rings is 1. The summed E-state index contributed by atoms with van der Waals surface area (Å²) < 4.78 is 31.3. The van der Waals surface area contributed by atoms with Gasteiger partial charge in [0.05, 0.1) is 12.1 Å². The molecule has 2 atom stereocenters. The molecular formula is C33H38ClN3O3S2. The van der Waals surface area contributed by atoms with Crippen molar-refractivity contribution in [3.8, 4) is 0 Å². The van der Waals surface area contributed by atoms with E-state index >= 15 is 0 Å². The predicted molar refractivity (Wildman–Crippen MR) is 173 cm³/mol. The second-order valence-corrected chi connectivity index (χ2v) is 15.5. The summed E-state index contributed by atoms with van der Waals surface area (Å²) in [6, 6.07) is 20.3. The van der Waals surface area contributed by atoms with Gasteiger partial charge in [0.2, 0.25) is 5.91 Å². The van der Waals surface area contributed by atoms with Crippen LogP contribution in [0.15, 0.2) is 70.9 Å². The van der Waals surface area contributed by atoms with Crippen LogP contribution in [0, 0.1) is 6.92 Å². The maximum absolute atomic E-state index is 13.7. The Morgan fingerprint density at radius 3 is 2.57 bits per heavy atom. The van der Waals surface area contributed by atoms with Crippen LogP contribution in [-0.4, -0.2) is 19.9 Å². The van der Waals surface area contributed by atoms with E-state index in [0.29, 0.717) is 10.6 Å². The van der Waals surface area contributed by atoms with Gasteiger partial charge in [0.15, 0.2) is 0 Å². The Labute approximate surface area is 257 Å². The Kier molecular flexibility index (Phi) is 9.11. The van der Waals surface area contributed by atoms with Gasteiger partial charge in [-0.15, -0.1) is 11.3 Å². The van der Waals surface area contributed by atoms with Crippen LogP contribution < -0.4 is 15.4 Å². The van der Waals surface area contributed by atoms with Gasteiger partial charge in [-0.2, -0.15) is 0 Å². The van der Waals surface area contributed by atoms with Crippen molar-refractivity contribution in [3.63, 3.8) is 0 Å². The summed E-state index contributed by atoms with van der Waals surface area (Å²) in [5.74, 6) is -0.192. The van der Waals surface area contributed by atoms with E-state index in [2.05, 4.69) is 54.3 Å². The van der Waals surface area contributed by atoms with E-state index in [9.17, 15) is 13.2 Å². The molecule has 1 aliphatic rings. The van der Waals surface area contributed by atoms with E-state index in [-0.39, 0.29) is 28.1 Å². The smallest absolute Gasteiger partial charge is 0.250 e. The number of hydrogen-bond acceptors (Lipinski definition) is 5. The van der Waals surface area contributed by atoms with Gasteiger partial charge in [-0.25, -0.2) is 13.1 Å². The first-order valence-corrected chi connectivity index (χ1v) is 17.0. The number of carbonyl (C=O) groups is 1. The Balaban J connectivity index is 1.34. The van der Waals surface area contributed by atoms with Crippen LogP contribution in [-0.2, 0) is 27.8 Å². The normalized spacial score (nSPS) is 16.3. The Morgan fingerprint density at radius 2 is 1.83 bits per heavy atom. The zero-order valence-electron chi connectivity index (χ0n) is 24.5. The standard InChI is InChI=1S/C33H38ClN3O3S2/c1-21-27-18-25(34)14-16-30(27)41-32(21)42(39,40)37-29(23-9-6-5-7-10-23)19-31(38)36-28-12-8-11-24-17-22(13-15-26(24)28)20-35-33(2,3)4/h5-7,9-10,13-18,28-29,35,37H,8,11-12,19-20H2,1-4H3,(H,36,38)/t28?,29-/m1/s1. The van der Waals surface area contributed by atoms with Crippen LogP contribution in [0.3, 0.4) is 0 Å². The van der Waals surface area contributed by atoms with E-state index in [1.165, 1.54) is 22.5 Å². The molecule has 1 amide bonds. The summed E-state index contributed by atoms with van der Waals surface area (Å²) in [6.07, 6.45) is 2.80. The largest absolute Gasteiger partial charge is 0.349 e. The first kappa shape index (κ1) is 30.7. The van der Waals surface area contributed by atoms with Crippen LogP contribution in [0.1, 0.15) is 79.9 Å². The summed E-state index contributed by atoms with van der Waals surface area (Å²) in [4.78, 5) is 13.5. The van der Waals surface area contributed by atoms with E-state index < -0.39 is 16.1 Å². The molecule has 1 aromatic heterocycles. The molecule has 1 aliphatic carbocycles. The third-order valence-electron chi connectivity index (χ3n) is 7.67. The molecule has 6 nitrogen and oxygen atoms in total. The first-order chi connectivity index (χ1) is 19.9. The fourth-order valence-corrected chi connectivity index (χ4v) is 8.67. The number of halogens is 1. The fourth-order valence-electron chi connectivity index (χ4n) is 5.51. The highest BCUT2D eigenvalue weighted by atomic mass is 35.5. The highest BCUT2D eigenvalue weighted by Crippen LogP contribution is 2.36. The summed E-state index contributed by atoms with van der Waals surface area (Å²) in [5.41, 5.74) is 5.06. The Morgan fingerprint density at radius 1 is 1.07 bits per heavy atom.